The molecule has 0 saturated carbocycles. The van der Waals surface area contributed by atoms with Crippen LogP contribution in [0.1, 0.15) is 5.69 Å². The van der Waals surface area contributed by atoms with Crippen LogP contribution in [-0.2, 0) is 7.05 Å². The SMILES string of the molecule is Cc1c(-c2ccc3cc(Br)ccc3c2)cnn1C. The molecule has 90 valence electrons. The number of hydrogen-bond acceptors (Lipinski definition) is 1. The largest absolute Gasteiger partial charge is 0.272 e. The van der Waals surface area contributed by atoms with Crippen molar-refractivity contribution in [2.45, 2.75) is 6.92 Å². The third kappa shape index (κ3) is 1.85. The molecule has 0 saturated heterocycles. The molecule has 0 spiro atoms. The number of rotatable bonds is 1. The van der Waals surface area contributed by atoms with Gasteiger partial charge in [-0.25, -0.2) is 0 Å². The highest BCUT2D eigenvalue weighted by atomic mass is 79.9. The summed E-state index contributed by atoms with van der Waals surface area (Å²) in [5.74, 6) is 0. The summed E-state index contributed by atoms with van der Waals surface area (Å²) in [6.45, 7) is 2.09. The van der Waals surface area contributed by atoms with Crippen molar-refractivity contribution in [1.29, 1.82) is 0 Å². The molecule has 0 aliphatic carbocycles. The van der Waals surface area contributed by atoms with Crippen LogP contribution in [0.15, 0.2) is 47.1 Å². The van der Waals surface area contributed by atoms with Gasteiger partial charge in [0.25, 0.3) is 0 Å². The zero-order chi connectivity index (χ0) is 12.7. The standard InChI is InChI=1S/C15H13BrN2/c1-10-15(9-17-18(10)2)13-4-3-12-8-14(16)6-5-11(12)7-13/h3-9H,1-2H3. The van der Waals surface area contributed by atoms with Crippen molar-refractivity contribution in [3.63, 3.8) is 0 Å². The maximum atomic E-state index is 4.30. The first-order valence-electron chi connectivity index (χ1n) is 5.83. The van der Waals surface area contributed by atoms with Crippen LogP contribution in [0.5, 0.6) is 0 Å². The maximum absolute atomic E-state index is 4.30. The number of aromatic nitrogens is 2. The van der Waals surface area contributed by atoms with Gasteiger partial charge >= 0.3 is 0 Å². The van der Waals surface area contributed by atoms with Gasteiger partial charge in [-0.05, 0) is 41.5 Å². The molecule has 0 bridgehead atoms. The summed E-state index contributed by atoms with van der Waals surface area (Å²) in [7, 11) is 1.97. The number of halogens is 1. The van der Waals surface area contributed by atoms with Crippen molar-refractivity contribution < 1.29 is 0 Å². The molecule has 18 heavy (non-hydrogen) atoms. The Morgan fingerprint density at radius 1 is 1.06 bits per heavy atom. The molecule has 0 N–H and O–H groups in total. The Morgan fingerprint density at radius 2 is 1.78 bits per heavy atom. The van der Waals surface area contributed by atoms with E-state index in [4.69, 9.17) is 0 Å². The minimum absolute atomic E-state index is 1.11. The Labute approximate surface area is 114 Å². The molecule has 1 heterocycles. The van der Waals surface area contributed by atoms with Crippen LogP contribution in [0.3, 0.4) is 0 Å². The highest BCUT2D eigenvalue weighted by molar-refractivity contribution is 9.10. The van der Waals surface area contributed by atoms with E-state index < -0.39 is 0 Å². The average Bonchev–Trinajstić information content (AvgIpc) is 2.69. The van der Waals surface area contributed by atoms with Crippen molar-refractivity contribution in [1.82, 2.24) is 9.78 Å². The Kier molecular flexibility index (Phi) is 2.71. The van der Waals surface area contributed by atoms with E-state index >= 15 is 0 Å². The van der Waals surface area contributed by atoms with Crippen LogP contribution in [0, 0.1) is 6.92 Å². The third-order valence-corrected chi connectivity index (χ3v) is 3.84. The number of nitrogens with zero attached hydrogens (tertiary/aromatic N) is 2. The minimum Gasteiger partial charge on any atom is -0.272 e. The lowest BCUT2D eigenvalue weighted by Crippen LogP contribution is -1.92. The summed E-state index contributed by atoms with van der Waals surface area (Å²) < 4.78 is 3.02. The Bertz CT molecular complexity index is 728. The molecule has 1 aromatic heterocycles. The second kappa shape index (κ2) is 4.25. The van der Waals surface area contributed by atoms with Gasteiger partial charge in [-0.1, -0.05) is 34.1 Å². The molecule has 0 unspecified atom stereocenters. The fourth-order valence-electron chi connectivity index (χ4n) is 2.17. The van der Waals surface area contributed by atoms with Gasteiger partial charge in [0, 0.05) is 22.8 Å². The van der Waals surface area contributed by atoms with E-state index in [2.05, 4.69) is 64.4 Å². The van der Waals surface area contributed by atoms with Crippen LogP contribution in [0.4, 0.5) is 0 Å². The van der Waals surface area contributed by atoms with Gasteiger partial charge in [0.1, 0.15) is 0 Å². The van der Waals surface area contributed by atoms with Gasteiger partial charge in [0.15, 0.2) is 0 Å². The molecule has 0 aliphatic heterocycles. The number of hydrogen-bond donors (Lipinski definition) is 0. The van der Waals surface area contributed by atoms with Gasteiger partial charge in [-0.3, -0.25) is 4.68 Å². The molecular weight excluding hydrogens is 288 g/mol. The number of fused-ring (bicyclic) bond motifs is 1. The van der Waals surface area contributed by atoms with Gasteiger partial charge < -0.3 is 0 Å². The minimum atomic E-state index is 1.11. The lowest BCUT2D eigenvalue weighted by molar-refractivity contribution is 0.740. The molecule has 2 aromatic carbocycles. The van der Waals surface area contributed by atoms with E-state index in [-0.39, 0.29) is 0 Å². The summed E-state index contributed by atoms with van der Waals surface area (Å²) in [5, 5.41) is 6.79. The molecular formula is C15H13BrN2. The molecule has 0 amide bonds. The van der Waals surface area contributed by atoms with Crippen LogP contribution < -0.4 is 0 Å². The number of benzene rings is 2. The summed E-state index contributed by atoms with van der Waals surface area (Å²) in [6, 6.07) is 12.9. The molecule has 0 fully saturated rings. The fourth-order valence-corrected chi connectivity index (χ4v) is 2.55. The molecule has 3 rings (SSSR count). The second-order valence-corrected chi connectivity index (χ2v) is 5.39. The lowest BCUT2D eigenvalue weighted by Gasteiger charge is -2.04. The second-order valence-electron chi connectivity index (χ2n) is 4.47. The topological polar surface area (TPSA) is 17.8 Å². The molecule has 0 aliphatic rings. The van der Waals surface area contributed by atoms with Gasteiger partial charge in [0.05, 0.1) is 6.20 Å². The first-order chi connectivity index (χ1) is 8.65. The van der Waals surface area contributed by atoms with E-state index in [1.807, 2.05) is 17.9 Å². The fraction of sp³-hybridized carbons (Fsp3) is 0.133. The Hall–Kier alpha value is -1.61. The van der Waals surface area contributed by atoms with Crippen molar-refractivity contribution in [2.75, 3.05) is 0 Å². The smallest absolute Gasteiger partial charge is 0.0571 e. The molecule has 0 radical (unpaired) electrons. The molecule has 3 heteroatoms. The predicted octanol–water partition coefficient (Wildman–Crippen LogP) is 4.31. The van der Waals surface area contributed by atoms with Gasteiger partial charge in [-0.2, -0.15) is 5.10 Å². The van der Waals surface area contributed by atoms with Gasteiger partial charge in [0.2, 0.25) is 0 Å². The number of aryl methyl sites for hydroxylation is 1. The summed E-state index contributed by atoms with van der Waals surface area (Å²) in [5.41, 5.74) is 3.60. The normalized spacial score (nSPS) is 11.1. The zero-order valence-electron chi connectivity index (χ0n) is 10.3. The third-order valence-electron chi connectivity index (χ3n) is 3.35. The highest BCUT2D eigenvalue weighted by Gasteiger charge is 2.06. The zero-order valence-corrected chi connectivity index (χ0v) is 11.9. The molecule has 2 nitrogen and oxygen atoms in total. The van der Waals surface area contributed by atoms with Gasteiger partial charge in [-0.15, -0.1) is 0 Å². The monoisotopic (exact) mass is 300 g/mol. The van der Waals surface area contributed by atoms with E-state index in [9.17, 15) is 0 Å². The summed E-state index contributed by atoms with van der Waals surface area (Å²) in [6.07, 6.45) is 1.93. The Balaban J connectivity index is 2.19. The van der Waals surface area contributed by atoms with Crippen molar-refractivity contribution in [3.8, 4) is 11.1 Å². The van der Waals surface area contributed by atoms with Crippen molar-refractivity contribution in [3.05, 3.63) is 52.8 Å². The van der Waals surface area contributed by atoms with Crippen LogP contribution in [0.2, 0.25) is 0 Å². The van der Waals surface area contributed by atoms with Crippen LogP contribution in [-0.4, -0.2) is 9.78 Å². The lowest BCUT2D eigenvalue weighted by atomic mass is 10.0. The maximum Gasteiger partial charge on any atom is 0.0571 e. The quantitative estimate of drug-likeness (QED) is 0.655. The van der Waals surface area contributed by atoms with E-state index in [1.165, 1.54) is 27.6 Å². The summed E-state index contributed by atoms with van der Waals surface area (Å²) in [4.78, 5) is 0. The highest BCUT2D eigenvalue weighted by Crippen LogP contribution is 2.28. The van der Waals surface area contributed by atoms with E-state index in [0.29, 0.717) is 0 Å². The predicted molar refractivity (Wildman–Crippen MR) is 78.6 cm³/mol. The van der Waals surface area contributed by atoms with Crippen LogP contribution in [0.25, 0.3) is 21.9 Å². The van der Waals surface area contributed by atoms with E-state index in [1.54, 1.807) is 0 Å². The molecule has 3 aromatic rings. The first kappa shape index (κ1) is 11.5. The van der Waals surface area contributed by atoms with Crippen molar-refractivity contribution in [2.24, 2.45) is 7.05 Å². The van der Waals surface area contributed by atoms with E-state index in [0.717, 1.165) is 4.47 Å². The van der Waals surface area contributed by atoms with Crippen LogP contribution >= 0.6 is 15.9 Å². The molecule has 0 atom stereocenters. The Morgan fingerprint density at radius 3 is 2.50 bits per heavy atom. The van der Waals surface area contributed by atoms with Crippen molar-refractivity contribution >= 4 is 26.7 Å². The first-order valence-corrected chi connectivity index (χ1v) is 6.63. The summed E-state index contributed by atoms with van der Waals surface area (Å²) >= 11 is 3.50. The average molecular weight is 301 g/mol.